The van der Waals surface area contributed by atoms with Crippen molar-refractivity contribution in [3.05, 3.63) is 48.0 Å². The second-order valence-corrected chi connectivity index (χ2v) is 6.04. The van der Waals surface area contributed by atoms with Crippen LogP contribution >= 0.6 is 11.8 Å². The van der Waals surface area contributed by atoms with Crippen LogP contribution in [0.2, 0.25) is 0 Å². The van der Waals surface area contributed by atoms with Gasteiger partial charge in [0.1, 0.15) is 5.82 Å². The molecule has 0 aliphatic rings. The maximum atomic E-state index is 5.03. The Balaban J connectivity index is 1.76. The second kappa shape index (κ2) is 8.87. The fourth-order valence-electron chi connectivity index (χ4n) is 2.05. The van der Waals surface area contributed by atoms with Crippen LogP contribution in [-0.2, 0) is 24.8 Å². The molecule has 0 atom stereocenters. The lowest BCUT2D eigenvalue weighted by Gasteiger charge is -2.07. The molecular weight excluding hydrogens is 282 g/mol. The first kappa shape index (κ1) is 16.1. The zero-order chi connectivity index (χ0) is 14.9. The summed E-state index contributed by atoms with van der Waals surface area (Å²) in [5.74, 6) is 2.19. The largest absolute Gasteiger partial charge is 0.383 e. The molecule has 1 N–H and O–H groups in total. The van der Waals surface area contributed by atoms with E-state index in [9.17, 15) is 0 Å². The molecule has 0 aliphatic carbocycles. The Kier molecular flexibility index (Phi) is 6.79. The summed E-state index contributed by atoms with van der Waals surface area (Å²) in [7, 11) is 3.76. The average molecular weight is 305 g/mol. The summed E-state index contributed by atoms with van der Waals surface area (Å²) in [6.45, 7) is 2.52. The number of benzene rings is 1. The number of nitrogens with zero attached hydrogens (tertiary/aromatic N) is 2. The zero-order valence-corrected chi connectivity index (χ0v) is 13.5. The summed E-state index contributed by atoms with van der Waals surface area (Å²) in [6.07, 6.45) is 4.84. The number of hydrogen-bond donors (Lipinski definition) is 1. The van der Waals surface area contributed by atoms with Crippen molar-refractivity contribution in [3.8, 4) is 0 Å². The Morgan fingerprint density at radius 3 is 3.05 bits per heavy atom. The van der Waals surface area contributed by atoms with Gasteiger partial charge in [-0.25, -0.2) is 4.98 Å². The van der Waals surface area contributed by atoms with Crippen molar-refractivity contribution in [3.63, 3.8) is 0 Å². The molecule has 0 aliphatic heterocycles. The van der Waals surface area contributed by atoms with Gasteiger partial charge in [-0.1, -0.05) is 12.1 Å². The van der Waals surface area contributed by atoms with Gasteiger partial charge >= 0.3 is 0 Å². The van der Waals surface area contributed by atoms with Gasteiger partial charge in [-0.2, -0.15) is 0 Å². The Morgan fingerprint density at radius 2 is 2.29 bits per heavy atom. The van der Waals surface area contributed by atoms with Crippen molar-refractivity contribution in [2.24, 2.45) is 7.05 Å². The van der Waals surface area contributed by atoms with E-state index in [0.717, 1.165) is 37.7 Å². The molecule has 0 unspecified atom stereocenters. The topological polar surface area (TPSA) is 39.1 Å². The smallest absolute Gasteiger partial charge is 0.109 e. The number of nitrogens with one attached hydrogen (secondary N) is 1. The van der Waals surface area contributed by atoms with Crippen molar-refractivity contribution >= 4 is 11.8 Å². The van der Waals surface area contributed by atoms with Crippen LogP contribution in [0, 0.1) is 0 Å². The van der Waals surface area contributed by atoms with Gasteiger partial charge in [-0.15, -0.1) is 11.8 Å². The minimum absolute atomic E-state index is 0.748. The fourth-order valence-corrected chi connectivity index (χ4v) is 2.98. The molecule has 0 saturated carbocycles. The highest BCUT2D eigenvalue weighted by molar-refractivity contribution is 7.99. The lowest BCUT2D eigenvalue weighted by Crippen LogP contribution is -2.18. The molecule has 21 heavy (non-hydrogen) atoms. The molecule has 0 bridgehead atoms. The highest BCUT2D eigenvalue weighted by Gasteiger charge is 2.01. The Labute approximate surface area is 130 Å². The number of ether oxygens (including phenoxy) is 1. The maximum Gasteiger partial charge on any atom is 0.109 e. The third-order valence-electron chi connectivity index (χ3n) is 3.23. The molecule has 1 heterocycles. The maximum absolute atomic E-state index is 5.03. The van der Waals surface area contributed by atoms with Crippen LogP contribution in [0.15, 0.2) is 41.6 Å². The van der Waals surface area contributed by atoms with Crippen molar-refractivity contribution in [1.29, 1.82) is 0 Å². The van der Waals surface area contributed by atoms with Crippen LogP contribution in [0.1, 0.15) is 11.4 Å². The molecule has 2 rings (SSSR count). The summed E-state index contributed by atoms with van der Waals surface area (Å²) < 4.78 is 7.11. The summed E-state index contributed by atoms with van der Waals surface area (Å²) >= 11 is 1.88. The zero-order valence-electron chi connectivity index (χ0n) is 12.7. The predicted octanol–water partition coefficient (Wildman–Crippen LogP) is 2.49. The molecule has 5 heteroatoms. The van der Waals surface area contributed by atoms with Crippen molar-refractivity contribution in [2.45, 2.75) is 17.9 Å². The molecule has 0 saturated heterocycles. The quantitative estimate of drug-likeness (QED) is 0.571. The molecule has 1 aromatic heterocycles. The number of rotatable bonds is 9. The number of methoxy groups -OCH3 is 1. The summed E-state index contributed by atoms with van der Waals surface area (Å²) in [5, 5.41) is 3.37. The van der Waals surface area contributed by atoms with Crippen molar-refractivity contribution < 1.29 is 4.74 Å². The molecule has 1 aromatic carbocycles. The molecule has 0 radical (unpaired) electrons. The van der Waals surface area contributed by atoms with E-state index in [2.05, 4.69) is 39.1 Å². The predicted molar refractivity (Wildman–Crippen MR) is 87.7 cm³/mol. The molecule has 0 spiro atoms. The third-order valence-corrected chi connectivity index (χ3v) is 4.22. The summed E-state index contributed by atoms with van der Waals surface area (Å²) in [5.41, 5.74) is 1.31. The Hall–Kier alpha value is -1.30. The first-order valence-corrected chi connectivity index (χ1v) is 8.16. The lowest BCUT2D eigenvalue weighted by atomic mass is 10.2. The Bertz CT molecular complexity index is 542. The number of imidazole rings is 1. The number of aromatic nitrogens is 2. The molecule has 4 nitrogen and oxygen atoms in total. The molecule has 2 aromatic rings. The molecule has 0 fully saturated rings. The number of hydrogen-bond acceptors (Lipinski definition) is 4. The van der Waals surface area contributed by atoms with Gasteiger partial charge < -0.3 is 14.6 Å². The van der Waals surface area contributed by atoms with E-state index in [0.29, 0.717) is 0 Å². The Morgan fingerprint density at radius 1 is 1.38 bits per heavy atom. The SMILES string of the molecule is COCCNCc1cccc(SCCc2nccn2C)c1. The highest BCUT2D eigenvalue weighted by Crippen LogP contribution is 2.20. The van der Waals surface area contributed by atoms with Gasteiger partial charge in [-0.3, -0.25) is 0 Å². The second-order valence-electron chi connectivity index (χ2n) is 4.87. The van der Waals surface area contributed by atoms with E-state index in [1.54, 1.807) is 7.11 Å². The van der Waals surface area contributed by atoms with Crippen LogP contribution in [0.25, 0.3) is 0 Å². The van der Waals surface area contributed by atoms with Gasteiger partial charge in [0.05, 0.1) is 6.61 Å². The lowest BCUT2D eigenvalue weighted by molar-refractivity contribution is 0.199. The third kappa shape index (κ3) is 5.53. The monoisotopic (exact) mass is 305 g/mol. The fraction of sp³-hybridized carbons (Fsp3) is 0.438. The molecule has 114 valence electrons. The van der Waals surface area contributed by atoms with E-state index in [1.165, 1.54) is 10.5 Å². The van der Waals surface area contributed by atoms with Crippen LogP contribution in [0.3, 0.4) is 0 Å². The van der Waals surface area contributed by atoms with Gasteiger partial charge in [0.15, 0.2) is 0 Å². The number of thioether (sulfide) groups is 1. The summed E-state index contributed by atoms with van der Waals surface area (Å²) in [4.78, 5) is 5.67. The van der Waals surface area contributed by atoms with Crippen LogP contribution in [-0.4, -0.2) is 35.6 Å². The molecule has 0 amide bonds. The van der Waals surface area contributed by atoms with Gasteiger partial charge in [0.25, 0.3) is 0 Å². The van der Waals surface area contributed by atoms with E-state index in [1.807, 2.05) is 31.2 Å². The van der Waals surface area contributed by atoms with E-state index >= 15 is 0 Å². The molecular formula is C16H23N3OS. The first-order chi connectivity index (χ1) is 10.3. The van der Waals surface area contributed by atoms with E-state index in [-0.39, 0.29) is 0 Å². The number of aryl methyl sites for hydroxylation is 2. The average Bonchev–Trinajstić information content (AvgIpc) is 2.90. The van der Waals surface area contributed by atoms with Crippen molar-refractivity contribution in [2.75, 3.05) is 26.0 Å². The standard InChI is InChI=1S/C16H23N3OS/c1-19-9-7-18-16(19)6-11-21-15-5-3-4-14(12-15)13-17-8-10-20-2/h3-5,7,9,12,17H,6,8,10-11,13H2,1-2H3. The van der Waals surface area contributed by atoms with E-state index in [4.69, 9.17) is 4.74 Å². The van der Waals surface area contributed by atoms with Gasteiger partial charge in [0.2, 0.25) is 0 Å². The highest BCUT2D eigenvalue weighted by atomic mass is 32.2. The van der Waals surface area contributed by atoms with Gasteiger partial charge in [-0.05, 0) is 17.7 Å². The van der Waals surface area contributed by atoms with Crippen LogP contribution in [0.5, 0.6) is 0 Å². The van der Waals surface area contributed by atoms with Crippen molar-refractivity contribution in [1.82, 2.24) is 14.9 Å². The van der Waals surface area contributed by atoms with Crippen LogP contribution in [0.4, 0.5) is 0 Å². The normalized spacial score (nSPS) is 11.0. The van der Waals surface area contributed by atoms with Crippen LogP contribution < -0.4 is 5.32 Å². The minimum Gasteiger partial charge on any atom is -0.383 e. The minimum atomic E-state index is 0.748. The van der Waals surface area contributed by atoms with Gasteiger partial charge in [0, 0.05) is 56.7 Å². The first-order valence-electron chi connectivity index (χ1n) is 7.17. The van der Waals surface area contributed by atoms with E-state index < -0.39 is 0 Å². The summed E-state index contributed by atoms with van der Waals surface area (Å²) in [6, 6.07) is 8.70.